The number of ether oxygens (including phenoxy) is 1. The summed E-state index contributed by atoms with van der Waals surface area (Å²) in [5, 5.41) is 2.98. The molecule has 5 nitrogen and oxygen atoms in total. The van der Waals surface area contributed by atoms with E-state index in [-0.39, 0.29) is 5.91 Å². The third-order valence-corrected chi connectivity index (χ3v) is 4.19. The maximum atomic E-state index is 12.2. The number of rotatable bonds is 6. The Morgan fingerprint density at radius 1 is 1.30 bits per heavy atom. The number of hydrogen-bond acceptors (Lipinski definition) is 4. The van der Waals surface area contributed by atoms with Gasteiger partial charge in [0.15, 0.2) is 0 Å². The fourth-order valence-electron chi connectivity index (χ4n) is 3.11. The number of hydrogen-bond donors (Lipinski definition) is 2. The average molecular weight is 319 g/mol. The zero-order valence-electron chi connectivity index (χ0n) is 14.5. The normalized spacial score (nSPS) is 22.0. The predicted molar refractivity (Wildman–Crippen MR) is 93.6 cm³/mol. The van der Waals surface area contributed by atoms with Gasteiger partial charge in [0.1, 0.15) is 0 Å². The van der Waals surface area contributed by atoms with Gasteiger partial charge in [0.2, 0.25) is 0 Å². The molecule has 2 rings (SSSR count). The maximum absolute atomic E-state index is 12.2. The first-order chi connectivity index (χ1) is 11.0. The van der Waals surface area contributed by atoms with E-state index < -0.39 is 0 Å². The molecule has 2 unspecified atom stereocenters. The largest absolute Gasteiger partial charge is 0.399 e. The molecule has 0 aromatic heterocycles. The first-order valence-electron chi connectivity index (χ1n) is 8.48. The number of nitrogen functional groups attached to an aromatic ring is 1. The van der Waals surface area contributed by atoms with Crippen LogP contribution in [-0.2, 0) is 4.74 Å². The summed E-state index contributed by atoms with van der Waals surface area (Å²) >= 11 is 0. The molecule has 0 radical (unpaired) electrons. The van der Waals surface area contributed by atoms with Crippen LogP contribution in [0.1, 0.15) is 42.6 Å². The van der Waals surface area contributed by atoms with Gasteiger partial charge in [-0.05, 0) is 57.9 Å². The summed E-state index contributed by atoms with van der Waals surface area (Å²) in [7, 11) is 0. The second-order valence-corrected chi connectivity index (χ2v) is 6.55. The molecule has 0 aliphatic carbocycles. The van der Waals surface area contributed by atoms with Gasteiger partial charge in [-0.3, -0.25) is 9.69 Å². The second-order valence-electron chi connectivity index (χ2n) is 6.55. The number of morpholine rings is 1. The van der Waals surface area contributed by atoms with Crippen LogP contribution >= 0.6 is 0 Å². The summed E-state index contributed by atoms with van der Waals surface area (Å²) in [4.78, 5) is 14.6. The molecule has 1 aromatic carbocycles. The van der Waals surface area contributed by atoms with Crippen LogP contribution in [0.2, 0.25) is 0 Å². The van der Waals surface area contributed by atoms with E-state index in [1.807, 2.05) is 19.1 Å². The molecule has 1 amide bonds. The molecule has 0 saturated carbocycles. The average Bonchev–Trinajstić information content (AvgIpc) is 2.48. The smallest absolute Gasteiger partial charge is 0.251 e. The Bertz CT molecular complexity index is 523. The summed E-state index contributed by atoms with van der Waals surface area (Å²) < 4.78 is 5.74. The number of anilines is 1. The van der Waals surface area contributed by atoms with Gasteiger partial charge < -0.3 is 15.8 Å². The van der Waals surface area contributed by atoms with Gasteiger partial charge in [-0.15, -0.1) is 0 Å². The van der Waals surface area contributed by atoms with Gasteiger partial charge in [0, 0.05) is 30.9 Å². The van der Waals surface area contributed by atoms with Gasteiger partial charge in [0.25, 0.3) is 5.91 Å². The SMILES string of the molecule is Cc1ccc(N)cc1C(=O)NCCCCN1CC(C)OC(C)C1. The van der Waals surface area contributed by atoms with Crippen molar-refractivity contribution in [1.82, 2.24) is 10.2 Å². The number of nitrogens with one attached hydrogen (secondary N) is 1. The highest BCUT2D eigenvalue weighted by atomic mass is 16.5. The molecule has 5 heteroatoms. The predicted octanol–water partition coefficient (Wildman–Crippen LogP) is 2.20. The summed E-state index contributed by atoms with van der Waals surface area (Å²) in [6, 6.07) is 5.43. The lowest BCUT2D eigenvalue weighted by Crippen LogP contribution is -2.45. The molecule has 1 saturated heterocycles. The number of carbonyl (C=O) groups is 1. The van der Waals surface area contributed by atoms with Crippen molar-refractivity contribution in [2.75, 3.05) is 31.9 Å². The van der Waals surface area contributed by atoms with Crippen molar-refractivity contribution in [2.45, 2.75) is 45.8 Å². The monoisotopic (exact) mass is 319 g/mol. The van der Waals surface area contributed by atoms with Crippen molar-refractivity contribution >= 4 is 11.6 Å². The van der Waals surface area contributed by atoms with E-state index in [1.165, 1.54) is 0 Å². The van der Waals surface area contributed by atoms with Gasteiger partial charge in [-0.2, -0.15) is 0 Å². The quantitative estimate of drug-likeness (QED) is 0.623. The zero-order valence-corrected chi connectivity index (χ0v) is 14.5. The van der Waals surface area contributed by atoms with Crippen LogP contribution in [0, 0.1) is 6.92 Å². The Morgan fingerprint density at radius 2 is 2.00 bits per heavy atom. The number of nitrogens with zero attached hydrogens (tertiary/aromatic N) is 1. The molecule has 1 aliphatic heterocycles. The molecule has 128 valence electrons. The molecular formula is C18H29N3O2. The summed E-state index contributed by atoms with van der Waals surface area (Å²) in [6.45, 7) is 9.93. The van der Waals surface area contributed by atoms with Crippen LogP contribution < -0.4 is 11.1 Å². The topological polar surface area (TPSA) is 67.6 Å². The number of carbonyl (C=O) groups excluding carboxylic acids is 1. The molecule has 3 N–H and O–H groups in total. The molecule has 1 aliphatic rings. The fraction of sp³-hybridized carbons (Fsp3) is 0.611. The third kappa shape index (κ3) is 5.52. The number of nitrogens with two attached hydrogens (primary N) is 1. The minimum absolute atomic E-state index is 0.0385. The molecule has 23 heavy (non-hydrogen) atoms. The van der Waals surface area contributed by atoms with Crippen LogP contribution in [-0.4, -0.2) is 49.2 Å². The highest BCUT2D eigenvalue weighted by Crippen LogP contribution is 2.13. The van der Waals surface area contributed by atoms with E-state index in [2.05, 4.69) is 24.1 Å². The molecule has 2 atom stereocenters. The van der Waals surface area contributed by atoms with Crippen molar-refractivity contribution in [3.63, 3.8) is 0 Å². The molecule has 0 spiro atoms. The lowest BCUT2D eigenvalue weighted by atomic mass is 10.1. The Morgan fingerprint density at radius 3 is 2.70 bits per heavy atom. The zero-order chi connectivity index (χ0) is 16.8. The second kappa shape index (κ2) is 8.31. The van der Waals surface area contributed by atoms with Gasteiger partial charge in [-0.1, -0.05) is 6.07 Å². The van der Waals surface area contributed by atoms with E-state index in [1.54, 1.807) is 6.07 Å². The van der Waals surface area contributed by atoms with Crippen molar-refractivity contribution in [3.05, 3.63) is 29.3 Å². The standard InChI is InChI=1S/C18H29N3O2/c1-13-6-7-16(19)10-17(13)18(22)20-8-4-5-9-21-11-14(2)23-15(3)12-21/h6-7,10,14-15H,4-5,8-9,11-12,19H2,1-3H3,(H,20,22). The van der Waals surface area contributed by atoms with Crippen LogP contribution in [0.15, 0.2) is 18.2 Å². The maximum Gasteiger partial charge on any atom is 0.251 e. The third-order valence-electron chi connectivity index (χ3n) is 4.19. The summed E-state index contributed by atoms with van der Waals surface area (Å²) in [6.07, 6.45) is 2.68. The number of aryl methyl sites for hydroxylation is 1. The Labute approximate surface area is 139 Å². The lowest BCUT2D eigenvalue weighted by Gasteiger charge is -2.35. The molecule has 1 aromatic rings. The van der Waals surface area contributed by atoms with Gasteiger partial charge in [-0.25, -0.2) is 0 Å². The van der Waals surface area contributed by atoms with E-state index in [4.69, 9.17) is 10.5 Å². The molecule has 1 heterocycles. The molecule has 0 bridgehead atoms. The van der Waals surface area contributed by atoms with Crippen molar-refractivity contribution in [2.24, 2.45) is 0 Å². The number of benzene rings is 1. The number of amides is 1. The Hall–Kier alpha value is -1.59. The van der Waals surface area contributed by atoms with Gasteiger partial charge in [0.05, 0.1) is 12.2 Å². The summed E-state index contributed by atoms with van der Waals surface area (Å²) in [5.74, 6) is -0.0385. The lowest BCUT2D eigenvalue weighted by molar-refractivity contribution is -0.0681. The molecule has 1 fully saturated rings. The highest BCUT2D eigenvalue weighted by Gasteiger charge is 2.21. The Kier molecular flexibility index (Phi) is 6.42. The minimum Gasteiger partial charge on any atom is -0.399 e. The van der Waals surface area contributed by atoms with Crippen LogP contribution in [0.5, 0.6) is 0 Å². The van der Waals surface area contributed by atoms with Crippen molar-refractivity contribution in [3.8, 4) is 0 Å². The van der Waals surface area contributed by atoms with Crippen molar-refractivity contribution in [1.29, 1.82) is 0 Å². The Balaban J connectivity index is 1.67. The first kappa shape index (κ1) is 17.8. The fourth-order valence-corrected chi connectivity index (χ4v) is 3.11. The van der Waals surface area contributed by atoms with E-state index in [0.29, 0.717) is 30.0 Å². The van der Waals surface area contributed by atoms with E-state index in [0.717, 1.165) is 38.0 Å². The van der Waals surface area contributed by atoms with Gasteiger partial charge >= 0.3 is 0 Å². The van der Waals surface area contributed by atoms with E-state index in [9.17, 15) is 4.79 Å². The first-order valence-corrected chi connectivity index (χ1v) is 8.48. The van der Waals surface area contributed by atoms with Crippen LogP contribution in [0.25, 0.3) is 0 Å². The number of unbranched alkanes of at least 4 members (excludes halogenated alkanes) is 1. The van der Waals surface area contributed by atoms with Crippen molar-refractivity contribution < 1.29 is 9.53 Å². The highest BCUT2D eigenvalue weighted by molar-refractivity contribution is 5.96. The summed E-state index contributed by atoms with van der Waals surface area (Å²) in [5.41, 5.74) is 7.99. The van der Waals surface area contributed by atoms with Crippen LogP contribution in [0.3, 0.4) is 0 Å². The molecular weight excluding hydrogens is 290 g/mol. The van der Waals surface area contributed by atoms with Crippen LogP contribution in [0.4, 0.5) is 5.69 Å². The minimum atomic E-state index is -0.0385. The van der Waals surface area contributed by atoms with E-state index >= 15 is 0 Å².